The summed E-state index contributed by atoms with van der Waals surface area (Å²) in [6.45, 7) is 1.90. The first kappa shape index (κ1) is 16.1. The van der Waals surface area contributed by atoms with Crippen molar-refractivity contribution in [3.63, 3.8) is 0 Å². The van der Waals surface area contributed by atoms with Crippen LogP contribution in [0.4, 0.5) is 5.69 Å². The molecule has 0 aliphatic rings. The van der Waals surface area contributed by atoms with Crippen LogP contribution in [-0.4, -0.2) is 8.42 Å². The van der Waals surface area contributed by atoms with Crippen LogP contribution in [0.1, 0.15) is 18.5 Å². The number of benzene rings is 2. The zero-order chi connectivity index (χ0) is 15.6. The fourth-order valence-electron chi connectivity index (χ4n) is 1.88. The maximum absolute atomic E-state index is 11.4. The minimum atomic E-state index is -3.72. The quantitative estimate of drug-likeness (QED) is 0.885. The molecule has 2 aromatic carbocycles. The van der Waals surface area contributed by atoms with Gasteiger partial charge < -0.3 is 5.32 Å². The van der Waals surface area contributed by atoms with Gasteiger partial charge in [0.05, 0.1) is 15.6 Å². The Labute approximate surface area is 133 Å². The molecule has 0 spiro atoms. The number of rotatable bonds is 4. The molecule has 0 bridgehead atoms. The van der Waals surface area contributed by atoms with E-state index in [0.29, 0.717) is 10.0 Å². The van der Waals surface area contributed by atoms with Crippen LogP contribution in [0.15, 0.2) is 47.4 Å². The van der Waals surface area contributed by atoms with Gasteiger partial charge in [-0.15, -0.1) is 0 Å². The largest absolute Gasteiger partial charge is 0.377 e. The Kier molecular flexibility index (Phi) is 4.78. The molecule has 1 unspecified atom stereocenters. The second-order valence-corrected chi connectivity index (χ2v) is 7.01. The number of anilines is 1. The molecule has 3 N–H and O–H groups in total. The van der Waals surface area contributed by atoms with E-state index in [1.165, 1.54) is 12.1 Å². The van der Waals surface area contributed by atoms with E-state index >= 15 is 0 Å². The van der Waals surface area contributed by atoms with Crippen molar-refractivity contribution in [2.75, 3.05) is 5.32 Å². The van der Waals surface area contributed by atoms with Gasteiger partial charge in [-0.25, -0.2) is 13.6 Å². The topological polar surface area (TPSA) is 72.2 Å². The van der Waals surface area contributed by atoms with Crippen LogP contribution in [0, 0.1) is 0 Å². The minimum absolute atomic E-state index is 0.0795. The average Bonchev–Trinajstić information content (AvgIpc) is 2.41. The molecular weight excluding hydrogens is 331 g/mol. The molecule has 0 saturated heterocycles. The van der Waals surface area contributed by atoms with E-state index in [1.807, 2.05) is 13.0 Å². The van der Waals surface area contributed by atoms with Crippen LogP contribution >= 0.6 is 23.2 Å². The predicted octanol–water partition coefficient (Wildman–Crippen LogP) is 3.81. The lowest BCUT2D eigenvalue weighted by Gasteiger charge is -2.17. The standard InChI is InChI=1S/C14H14Cl2N2O2S/c1-9(18-14-6-5-11(15)8-13(14)16)10-3-2-4-12(7-10)21(17,19)20/h2-9,18H,1H3,(H2,17,19,20). The molecule has 1 atom stereocenters. The number of hydrogen-bond donors (Lipinski definition) is 2. The number of nitrogens with two attached hydrogens (primary N) is 1. The van der Waals surface area contributed by atoms with E-state index in [0.717, 1.165) is 11.3 Å². The summed E-state index contributed by atoms with van der Waals surface area (Å²) in [6.07, 6.45) is 0. The lowest BCUT2D eigenvalue weighted by atomic mass is 10.1. The van der Waals surface area contributed by atoms with Gasteiger partial charge >= 0.3 is 0 Å². The Hall–Kier alpha value is -1.27. The highest BCUT2D eigenvalue weighted by atomic mass is 35.5. The zero-order valence-electron chi connectivity index (χ0n) is 11.2. The summed E-state index contributed by atoms with van der Waals surface area (Å²) in [7, 11) is -3.72. The van der Waals surface area contributed by atoms with Crippen molar-refractivity contribution in [1.29, 1.82) is 0 Å². The van der Waals surface area contributed by atoms with E-state index in [4.69, 9.17) is 28.3 Å². The minimum Gasteiger partial charge on any atom is -0.377 e. The van der Waals surface area contributed by atoms with Gasteiger partial charge in [0.15, 0.2) is 0 Å². The second kappa shape index (κ2) is 6.23. The lowest BCUT2D eigenvalue weighted by Crippen LogP contribution is -2.13. The van der Waals surface area contributed by atoms with Crippen molar-refractivity contribution in [1.82, 2.24) is 0 Å². The maximum Gasteiger partial charge on any atom is 0.238 e. The van der Waals surface area contributed by atoms with E-state index in [9.17, 15) is 8.42 Å². The number of primary sulfonamides is 1. The highest BCUT2D eigenvalue weighted by Gasteiger charge is 2.12. The Bertz CT molecular complexity index is 763. The Balaban J connectivity index is 2.26. The summed E-state index contributed by atoms with van der Waals surface area (Å²) in [5.41, 5.74) is 1.50. The molecule has 2 rings (SSSR count). The Morgan fingerprint density at radius 3 is 2.48 bits per heavy atom. The third kappa shape index (κ3) is 4.11. The Morgan fingerprint density at radius 1 is 1.14 bits per heavy atom. The summed E-state index contributed by atoms with van der Waals surface area (Å²) >= 11 is 12.0. The SMILES string of the molecule is CC(Nc1ccc(Cl)cc1Cl)c1cccc(S(N)(=O)=O)c1. The van der Waals surface area contributed by atoms with Crippen LogP contribution in [0.3, 0.4) is 0 Å². The molecule has 21 heavy (non-hydrogen) atoms. The molecule has 0 amide bonds. The number of sulfonamides is 1. The van der Waals surface area contributed by atoms with Gasteiger partial charge in [0.25, 0.3) is 0 Å². The van der Waals surface area contributed by atoms with Gasteiger partial charge in [0, 0.05) is 11.1 Å². The second-order valence-electron chi connectivity index (χ2n) is 4.61. The van der Waals surface area contributed by atoms with E-state index in [1.54, 1.807) is 24.3 Å². The molecule has 0 heterocycles. The molecule has 0 saturated carbocycles. The summed E-state index contributed by atoms with van der Waals surface area (Å²) in [5.74, 6) is 0. The molecule has 0 radical (unpaired) electrons. The molecule has 112 valence electrons. The van der Waals surface area contributed by atoms with Crippen LogP contribution in [0.2, 0.25) is 10.0 Å². The molecular formula is C14H14Cl2N2O2S. The first-order valence-electron chi connectivity index (χ1n) is 6.12. The third-order valence-corrected chi connectivity index (χ3v) is 4.45. The number of nitrogens with one attached hydrogen (secondary N) is 1. The molecule has 2 aromatic rings. The Morgan fingerprint density at radius 2 is 1.86 bits per heavy atom. The van der Waals surface area contributed by atoms with Gasteiger partial charge in [-0.05, 0) is 42.8 Å². The smallest absolute Gasteiger partial charge is 0.238 e. The number of hydrogen-bond acceptors (Lipinski definition) is 3. The summed E-state index contributed by atoms with van der Waals surface area (Å²) in [4.78, 5) is 0.0795. The monoisotopic (exact) mass is 344 g/mol. The fraction of sp³-hybridized carbons (Fsp3) is 0.143. The zero-order valence-corrected chi connectivity index (χ0v) is 13.5. The first-order chi connectivity index (χ1) is 9.77. The fourth-order valence-corrected chi connectivity index (χ4v) is 2.92. The molecule has 0 aliphatic carbocycles. The van der Waals surface area contributed by atoms with Crippen LogP contribution < -0.4 is 10.5 Å². The van der Waals surface area contributed by atoms with Crippen LogP contribution in [0.25, 0.3) is 0 Å². The van der Waals surface area contributed by atoms with Crippen molar-refractivity contribution in [2.24, 2.45) is 5.14 Å². The summed E-state index contributed by atoms with van der Waals surface area (Å²) in [6, 6.07) is 11.4. The van der Waals surface area contributed by atoms with Crippen molar-refractivity contribution in [3.8, 4) is 0 Å². The first-order valence-corrected chi connectivity index (χ1v) is 8.42. The van der Waals surface area contributed by atoms with Gasteiger partial charge in [-0.1, -0.05) is 35.3 Å². The molecule has 0 aromatic heterocycles. The molecule has 4 nitrogen and oxygen atoms in total. The highest BCUT2D eigenvalue weighted by Crippen LogP contribution is 2.29. The molecule has 0 fully saturated rings. The third-order valence-electron chi connectivity index (χ3n) is 2.99. The number of halogens is 2. The van der Waals surface area contributed by atoms with Gasteiger partial charge in [0.1, 0.15) is 0 Å². The van der Waals surface area contributed by atoms with Crippen molar-refractivity contribution in [3.05, 3.63) is 58.1 Å². The van der Waals surface area contributed by atoms with Crippen LogP contribution in [0.5, 0.6) is 0 Å². The maximum atomic E-state index is 11.4. The predicted molar refractivity (Wildman–Crippen MR) is 86.3 cm³/mol. The molecule has 0 aliphatic heterocycles. The van der Waals surface area contributed by atoms with Gasteiger partial charge in [0.2, 0.25) is 10.0 Å². The highest BCUT2D eigenvalue weighted by molar-refractivity contribution is 7.89. The van der Waals surface area contributed by atoms with Crippen molar-refractivity contribution < 1.29 is 8.42 Å². The van der Waals surface area contributed by atoms with Crippen LogP contribution in [-0.2, 0) is 10.0 Å². The average molecular weight is 345 g/mol. The lowest BCUT2D eigenvalue weighted by molar-refractivity contribution is 0.597. The van der Waals surface area contributed by atoms with Gasteiger partial charge in [-0.3, -0.25) is 0 Å². The molecule has 7 heteroatoms. The van der Waals surface area contributed by atoms with Gasteiger partial charge in [-0.2, -0.15) is 0 Å². The van der Waals surface area contributed by atoms with E-state index in [2.05, 4.69) is 5.32 Å². The summed E-state index contributed by atoms with van der Waals surface area (Å²) in [5, 5.41) is 9.39. The van der Waals surface area contributed by atoms with Crippen molar-refractivity contribution in [2.45, 2.75) is 17.9 Å². The van der Waals surface area contributed by atoms with E-state index in [-0.39, 0.29) is 10.9 Å². The normalized spacial score (nSPS) is 13.0. The van der Waals surface area contributed by atoms with E-state index < -0.39 is 10.0 Å². The van der Waals surface area contributed by atoms with Crippen molar-refractivity contribution >= 4 is 38.9 Å². The summed E-state index contributed by atoms with van der Waals surface area (Å²) < 4.78 is 22.8.